The van der Waals surface area contributed by atoms with Crippen LogP contribution in [0.1, 0.15) is 29.5 Å². The lowest BCUT2D eigenvalue weighted by Crippen LogP contribution is -2.68. The van der Waals surface area contributed by atoms with Gasteiger partial charge in [-0.05, 0) is 88.9 Å². The van der Waals surface area contributed by atoms with Crippen molar-refractivity contribution in [2.45, 2.75) is 49.8 Å². The van der Waals surface area contributed by atoms with E-state index in [-0.39, 0.29) is 34.2 Å². The van der Waals surface area contributed by atoms with Gasteiger partial charge in [-0.25, -0.2) is 26.7 Å². The molecule has 0 amide bonds. The Balaban J connectivity index is 1.14. The van der Waals surface area contributed by atoms with Gasteiger partial charge in [-0.3, -0.25) is 9.58 Å². The molecule has 2 unspecified atom stereocenters. The summed E-state index contributed by atoms with van der Waals surface area (Å²) >= 11 is 0. The number of pyridine rings is 2. The smallest absolute Gasteiger partial charge is 0.269 e. The average Bonchev–Trinajstić information content (AvgIpc) is 3.80. The van der Waals surface area contributed by atoms with Crippen molar-refractivity contribution in [3.8, 4) is 34.2 Å². The fourth-order valence-corrected chi connectivity index (χ4v) is 9.16. The second-order valence-corrected chi connectivity index (χ2v) is 16.2. The topological polar surface area (TPSA) is 136 Å². The second-order valence-electron chi connectivity index (χ2n) is 14.5. The first-order chi connectivity index (χ1) is 26.0. The first kappa shape index (κ1) is 35.4. The summed E-state index contributed by atoms with van der Waals surface area (Å²) in [6.45, 7) is 5.39. The number of nitrogens with zero attached hydrogens (tertiary/aromatic N) is 9. The number of aryl methyl sites for hydroxylation is 2. The van der Waals surface area contributed by atoms with Gasteiger partial charge in [0.25, 0.3) is 10.0 Å². The highest BCUT2D eigenvalue weighted by molar-refractivity contribution is 7.90. The van der Waals surface area contributed by atoms with Crippen LogP contribution in [0.5, 0.6) is 5.75 Å². The largest absolute Gasteiger partial charge is 0.508 e. The number of phenolic OH excluding ortho intramolecular Hbond substituents is 1. The monoisotopic (exact) mass is 745 g/mol. The summed E-state index contributed by atoms with van der Waals surface area (Å²) in [6, 6.07) is 19.1. The standard InChI is InChI=1S/C40H40FN9O3S/c1-26-5-9-34(10-6-26)54(52,53)50-36(30-21-45-48(22-30)14-4-13-46(2)3)17-35-39(29(18-42)20-44-40(35)50)27-7-12-38(43-19-27)47-24-32-16-33(25-47)49(32)23-28-15-31(41)8-11-37(28)51/h5-12,15,17,19-22,32-33,51H,4,13-14,16,23-25H2,1-3H3. The van der Waals surface area contributed by atoms with Crippen LogP contribution in [0.2, 0.25) is 0 Å². The van der Waals surface area contributed by atoms with Crippen molar-refractivity contribution >= 4 is 26.9 Å². The zero-order valence-electron chi connectivity index (χ0n) is 30.3. The Hall–Kier alpha value is -5.62. The zero-order valence-corrected chi connectivity index (χ0v) is 31.1. The summed E-state index contributed by atoms with van der Waals surface area (Å²) in [5, 5.41) is 25.6. The van der Waals surface area contributed by atoms with E-state index in [1.54, 1.807) is 42.7 Å². The lowest BCUT2D eigenvalue weighted by molar-refractivity contribution is -0.00921. The average molecular weight is 746 g/mol. The number of phenols is 1. The molecule has 54 heavy (non-hydrogen) atoms. The molecule has 6 aromatic rings. The van der Waals surface area contributed by atoms with Crippen LogP contribution in [-0.4, -0.2) is 92.9 Å². The van der Waals surface area contributed by atoms with Crippen LogP contribution in [0.3, 0.4) is 0 Å². The van der Waals surface area contributed by atoms with E-state index in [0.29, 0.717) is 52.0 Å². The normalized spacial score (nSPS) is 17.2. The van der Waals surface area contributed by atoms with E-state index in [0.717, 1.165) is 43.9 Å². The Morgan fingerprint density at radius 2 is 1.76 bits per heavy atom. The van der Waals surface area contributed by atoms with Gasteiger partial charge in [0.2, 0.25) is 0 Å². The summed E-state index contributed by atoms with van der Waals surface area (Å²) in [7, 11) is -0.108. The third-order valence-corrected chi connectivity index (χ3v) is 12.2. The number of rotatable bonds is 11. The number of hydrogen-bond donors (Lipinski definition) is 1. The maximum Gasteiger partial charge on any atom is 0.269 e. The van der Waals surface area contributed by atoms with Crippen LogP contribution in [-0.2, 0) is 23.1 Å². The highest BCUT2D eigenvalue weighted by Crippen LogP contribution is 2.40. The van der Waals surface area contributed by atoms with Crippen molar-refractivity contribution in [3.63, 3.8) is 0 Å². The molecule has 0 aliphatic carbocycles. The van der Waals surface area contributed by atoms with Gasteiger partial charge in [-0.2, -0.15) is 10.4 Å². The van der Waals surface area contributed by atoms with E-state index >= 15 is 0 Å². The van der Waals surface area contributed by atoms with Gasteiger partial charge in [0.15, 0.2) is 5.65 Å². The molecule has 0 saturated carbocycles. The van der Waals surface area contributed by atoms with Gasteiger partial charge >= 0.3 is 0 Å². The number of aromatic hydroxyl groups is 1. The Morgan fingerprint density at radius 1 is 0.981 bits per heavy atom. The van der Waals surface area contributed by atoms with Gasteiger partial charge in [0.1, 0.15) is 23.5 Å². The van der Waals surface area contributed by atoms with E-state index in [9.17, 15) is 23.2 Å². The summed E-state index contributed by atoms with van der Waals surface area (Å²) in [6.07, 6.45) is 8.54. The molecule has 3 saturated heterocycles. The van der Waals surface area contributed by atoms with E-state index in [4.69, 9.17) is 4.98 Å². The van der Waals surface area contributed by atoms with Crippen LogP contribution in [0, 0.1) is 24.1 Å². The SMILES string of the molecule is Cc1ccc(S(=O)(=O)n2c(-c3cnn(CCCN(C)C)c3)cc3c(-c4ccc(N5CC6CC(C5)N6Cc5cc(F)ccc5O)nc4)c(C#N)cnc32)cc1. The van der Waals surface area contributed by atoms with Crippen molar-refractivity contribution < 1.29 is 17.9 Å². The van der Waals surface area contributed by atoms with Crippen LogP contribution in [0.25, 0.3) is 33.4 Å². The van der Waals surface area contributed by atoms with Crippen LogP contribution < -0.4 is 4.90 Å². The molecule has 12 nitrogen and oxygen atoms in total. The van der Waals surface area contributed by atoms with Crippen molar-refractivity contribution in [3.05, 3.63) is 108 Å². The molecule has 2 aromatic carbocycles. The number of benzene rings is 2. The molecule has 0 spiro atoms. The molecule has 2 bridgehead atoms. The molecule has 0 radical (unpaired) electrons. The number of piperazine rings is 1. The predicted octanol–water partition coefficient (Wildman–Crippen LogP) is 5.64. The highest BCUT2D eigenvalue weighted by atomic mass is 32.2. The molecule has 1 N–H and O–H groups in total. The van der Waals surface area contributed by atoms with Gasteiger partial charge in [-0.15, -0.1) is 0 Å². The molecule has 276 valence electrons. The van der Waals surface area contributed by atoms with E-state index in [1.165, 1.54) is 28.4 Å². The van der Waals surface area contributed by atoms with Gasteiger partial charge < -0.3 is 14.9 Å². The zero-order chi connectivity index (χ0) is 37.7. The minimum atomic E-state index is -4.14. The lowest BCUT2D eigenvalue weighted by atomic mass is 9.86. The Kier molecular flexibility index (Phi) is 9.17. The molecule has 14 heteroatoms. The van der Waals surface area contributed by atoms with E-state index in [2.05, 4.69) is 30.9 Å². The summed E-state index contributed by atoms with van der Waals surface area (Å²) in [4.78, 5) is 16.2. The highest BCUT2D eigenvalue weighted by Gasteiger charge is 2.45. The Labute approximate surface area is 313 Å². The number of halogens is 1. The van der Waals surface area contributed by atoms with Crippen LogP contribution in [0.15, 0.2) is 90.3 Å². The molecular formula is C40H40FN9O3S. The Morgan fingerprint density at radius 3 is 2.46 bits per heavy atom. The maximum atomic E-state index is 14.5. The molecule has 4 aromatic heterocycles. The summed E-state index contributed by atoms with van der Waals surface area (Å²) in [5.74, 6) is 0.513. The predicted molar refractivity (Wildman–Crippen MR) is 204 cm³/mol. The van der Waals surface area contributed by atoms with Crippen LogP contribution >= 0.6 is 0 Å². The molecular weight excluding hydrogens is 706 g/mol. The number of hydrogen-bond acceptors (Lipinski definition) is 10. The fourth-order valence-electron chi connectivity index (χ4n) is 7.68. The second kappa shape index (κ2) is 14.0. The van der Waals surface area contributed by atoms with Crippen LogP contribution in [0.4, 0.5) is 10.2 Å². The van der Waals surface area contributed by atoms with Gasteiger partial charge in [0.05, 0.1) is 22.3 Å². The number of anilines is 1. The molecule has 7 heterocycles. The van der Waals surface area contributed by atoms with E-state index in [1.807, 2.05) is 44.0 Å². The number of nitriles is 1. The van der Waals surface area contributed by atoms with Crippen molar-refractivity contribution in [2.24, 2.45) is 0 Å². The quantitative estimate of drug-likeness (QED) is 0.178. The van der Waals surface area contributed by atoms with E-state index < -0.39 is 10.0 Å². The molecule has 3 aliphatic heterocycles. The first-order valence-electron chi connectivity index (χ1n) is 17.9. The molecule has 3 fully saturated rings. The van der Waals surface area contributed by atoms with Crippen molar-refractivity contribution in [1.29, 1.82) is 5.26 Å². The number of fused-ring (bicyclic) bond motifs is 3. The van der Waals surface area contributed by atoms with Gasteiger partial charge in [0, 0.05) is 84.5 Å². The first-order valence-corrected chi connectivity index (χ1v) is 19.3. The van der Waals surface area contributed by atoms with Crippen molar-refractivity contribution in [2.75, 3.05) is 38.6 Å². The third-order valence-electron chi connectivity index (χ3n) is 10.5. The number of aromatic nitrogens is 5. The minimum Gasteiger partial charge on any atom is -0.508 e. The van der Waals surface area contributed by atoms with Gasteiger partial charge in [-0.1, -0.05) is 17.7 Å². The summed E-state index contributed by atoms with van der Waals surface area (Å²) < 4.78 is 45.9. The van der Waals surface area contributed by atoms with Crippen molar-refractivity contribution in [1.82, 2.24) is 33.5 Å². The minimum absolute atomic E-state index is 0.0957. The Bertz CT molecular complexity index is 2500. The molecule has 3 aliphatic rings. The molecule has 9 rings (SSSR count). The summed E-state index contributed by atoms with van der Waals surface area (Å²) in [5.41, 5.74) is 4.20. The maximum absolute atomic E-state index is 14.5. The molecule has 2 atom stereocenters. The lowest BCUT2D eigenvalue weighted by Gasteiger charge is -2.56. The number of piperidine rings is 1. The fraction of sp³-hybridized carbons (Fsp3) is 0.300. The third kappa shape index (κ3) is 6.48.